The van der Waals surface area contributed by atoms with Crippen LogP contribution in [0.1, 0.15) is 11.1 Å². The number of hydrogen-bond donors (Lipinski definition) is 0. The molecule has 2 aromatic carbocycles. The summed E-state index contributed by atoms with van der Waals surface area (Å²) < 4.78 is 2.87. The molecule has 0 bridgehead atoms. The van der Waals surface area contributed by atoms with Crippen molar-refractivity contribution in [3.05, 3.63) is 59.7 Å². The minimum atomic E-state index is 0.421. The van der Waals surface area contributed by atoms with E-state index >= 15 is 0 Å². The van der Waals surface area contributed by atoms with Crippen molar-refractivity contribution in [1.82, 2.24) is 9.80 Å². The molecule has 0 aromatic heterocycles. The van der Waals surface area contributed by atoms with E-state index in [1.54, 1.807) is 0 Å². The Balaban J connectivity index is 2.01. The first kappa shape index (κ1) is 23.0. The summed E-state index contributed by atoms with van der Waals surface area (Å²) >= 11 is 0.843. The molecule has 0 fully saturated rings. The number of aliphatic imine (C=N–C) groups is 2. The van der Waals surface area contributed by atoms with Gasteiger partial charge in [0, 0.05) is 0 Å². The van der Waals surface area contributed by atoms with Crippen molar-refractivity contribution in [2.45, 2.75) is 0 Å². The number of hydrogen-bond acceptors (Lipinski definition) is 4. The van der Waals surface area contributed by atoms with Gasteiger partial charge in [-0.2, -0.15) is 0 Å². The van der Waals surface area contributed by atoms with Gasteiger partial charge < -0.3 is 0 Å². The van der Waals surface area contributed by atoms with Crippen molar-refractivity contribution in [2.24, 2.45) is 9.98 Å². The molecule has 6 heteroatoms. The molecule has 0 aliphatic carbocycles. The Morgan fingerprint density at radius 3 is 1.46 bits per heavy atom. The quantitative estimate of drug-likeness (QED) is 0.334. The SMILES string of the molecule is CN(C)CCN=Cc1ccccc1[Se][Se]c1ccccc1C=NCCN(C)C. The summed E-state index contributed by atoms with van der Waals surface area (Å²) in [5.41, 5.74) is 2.53. The van der Waals surface area contributed by atoms with Gasteiger partial charge in [0.1, 0.15) is 0 Å². The standard InChI is InChI=1S/C22H30N4Se2/c1-25(2)15-13-23-17-19-9-5-7-11-21(19)27-28-22-12-8-6-10-20(22)18-24-14-16-26(3)4/h5-12,17-18H,13-16H2,1-4H3. The monoisotopic (exact) mass is 510 g/mol. The second kappa shape index (κ2) is 13.1. The van der Waals surface area contributed by atoms with E-state index in [9.17, 15) is 0 Å². The van der Waals surface area contributed by atoms with Crippen molar-refractivity contribution in [3.63, 3.8) is 0 Å². The molecule has 4 nitrogen and oxygen atoms in total. The molecular weight excluding hydrogens is 478 g/mol. The van der Waals surface area contributed by atoms with Crippen molar-refractivity contribution < 1.29 is 0 Å². The molecule has 0 radical (unpaired) electrons. The van der Waals surface area contributed by atoms with Gasteiger partial charge in [0.25, 0.3) is 0 Å². The molecule has 2 rings (SSSR count). The Kier molecular flexibility index (Phi) is 10.7. The first-order valence-corrected chi connectivity index (χ1v) is 15.4. The summed E-state index contributed by atoms with van der Waals surface area (Å²) in [6.45, 7) is 3.64. The number of nitrogens with zero attached hydrogens (tertiary/aromatic N) is 4. The zero-order valence-corrected chi connectivity index (χ0v) is 20.6. The molecule has 0 aliphatic rings. The Bertz CT molecular complexity index is 707. The molecule has 0 N–H and O–H groups in total. The molecule has 0 saturated heterocycles. The molecular formula is C22H30N4Se2. The van der Waals surface area contributed by atoms with E-state index in [1.807, 2.05) is 12.4 Å². The van der Waals surface area contributed by atoms with Gasteiger partial charge in [-0.3, -0.25) is 0 Å². The van der Waals surface area contributed by atoms with E-state index in [0.29, 0.717) is 26.3 Å². The number of rotatable bonds is 11. The minimum absolute atomic E-state index is 0.421. The van der Waals surface area contributed by atoms with Gasteiger partial charge in [-0.1, -0.05) is 0 Å². The predicted molar refractivity (Wildman–Crippen MR) is 126 cm³/mol. The molecule has 0 spiro atoms. The average Bonchev–Trinajstić information content (AvgIpc) is 2.68. The topological polar surface area (TPSA) is 31.2 Å². The fraction of sp³-hybridized carbons (Fsp3) is 0.364. The third-order valence-electron chi connectivity index (χ3n) is 3.87. The van der Waals surface area contributed by atoms with Crippen LogP contribution in [0.4, 0.5) is 0 Å². The molecule has 0 unspecified atom stereocenters. The molecule has 0 saturated carbocycles. The summed E-state index contributed by atoms with van der Waals surface area (Å²) in [7, 11) is 8.32. The zero-order chi connectivity index (χ0) is 20.2. The molecule has 2 aromatic rings. The van der Waals surface area contributed by atoms with Crippen molar-refractivity contribution >= 4 is 47.6 Å². The van der Waals surface area contributed by atoms with Crippen LogP contribution in [0.25, 0.3) is 0 Å². The van der Waals surface area contributed by atoms with E-state index in [2.05, 4.69) is 96.5 Å². The fourth-order valence-electron chi connectivity index (χ4n) is 2.26. The van der Waals surface area contributed by atoms with E-state index in [1.165, 1.54) is 20.1 Å². The molecule has 0 amide bonds. The maximum absolute atomic E-state index is 4.60. The normalized spacial score (nSPS) is 12.1. The predicted octanol–water partition coefficient (Wildman–Crippen LogP) is 0.922. The Labute approximate surface area is 181 Å². The second-order valence-corrected chi connectivity index (χ2v) is 13.1. The second-order valence-electron chi connectivity index (χ2n) is 6.92. The van der Waals surface area contributed by atoms with Crippen molar-refractivity contribution in [3.8, 4) is 0 Å². The number of likely N-dealkylation sites (N-methyl/N-ethyl adjacent to an activating group) is 2. The van der Waals surface area contributed by atoms with Crippen molar-refractivity contribution in [1.29, 1.82) is 0 Å². The Morgan fingerprint density at radius 1 is 0.679 bits per heavy atom. The number of benzene rings is 2. The molecule has 28 heavy (non-hydrogen) atoms. The molecule has 0 atom stereocenters. The van der Waals surface area contributed by atoms with E-state index in [0.717, 1.165) is 26.2 Å². The van der Waals surface area contributed by atoms with Crippen LogP contribution in [0.3, 0.4) is 0 Å². The molecule has 150 valence electrons. The van der Waals surface area contributed by atoms with E-state index < -0.39 is 0 Å². The molecule has 0 aliphatic heterocycles. The van der Waals surface area contributed by atoms with Crippen LogP contribution in [0.15, 0.2) is 58.5 Å². The van der Waals surface area contributed by atoms with Gasteiger partial charge in [-0.25, -0.2) is 0 Å². The van der Waals surface area contributed by atoms with Gasteiger partial charge in [0.2, 0.25) is 0 Å². The van der Waals surface area contributed by atoms with Crippen LogP contribution in [0.5, 0.6) is 0 Å². The average molecular weight is 508 g/mol. The Morgan fingerprint density at radius 2 is 1.07 bits per heavy atom. The van der Waals surface area contributed by atoms with Gasteiger partial charge in [0.15, 0.2) is 0 Å². The van der Waals surface area contributed by atoms with Crippen LogP contribution in [0, 0.1) is 0 Å². The van der Waals surface area contributed by atoms with Crippen LogP contribution in [0.2, 0.25) is 0 Å². The maximum atomic E-state index is 4.60. The fourth-order valence-corrected chi connectivity index (χ4v) is 9.37. The summed E-state index contributed by atoms with van der Waals surface area (Å²) in [6.07, 6.45) is 4.09. The molecule has 0 heterocycles. The van der Waals surface area contributed by atoms with Gasteiger partial charge in [-0.05, 0) is 0 Å². The summed E-state index contributed by atoms with van der Waals surface area (Å²) in [5, 5.41) is 0. The van der Waals surface area contributed by atoms with Crippen LogP contribution in [-0.4, -0.2) is 103 Å². The van der Waals surface area contributed by atoms with Crippen LogP contribution >= 0.6 is 0 Å². The Hall–Kier alpha value is -1.26. The third-order valence-corrected chi connectivity index (χ3v) is 11.2. The zero-order valence-electron chi connectivity index (χ0n) is 17.2. The van der Waals surface area contributed by atoms with Gasteiger partial charge in [-0.15, -0.1) is 0 Å². The van der Waals surface area contributed by atoms with E-state index in [-0.39, 0.29) is 0 Å². The van der Waals surface area contributed by atoms with Gasteiger partial charge >= 0.3 is 181 Å². The van der Waals surface area contributed by atoms with E-state index in [4.69, 9.17) is 0 Å². The first-order valence-electron chi connectivity index (χ1n) is 9.38. The summed E-state index contributed by atoms with van der Waals surface area (Å²) in [6, 6.07) is 17.3. The van der Waals surface area contributed by atoms with Crippen molar-refractivity contribution in [2.75, 3.05) is 54.4 Å². The first-order chi connectivity index (χ1) is 13.6. The van der Waals surface area contributed by atoms with Crippen LogP contribution in [-0.2, 0) is 0 Å². The third kappa shape index (κ3) is 8.83. The summed E-state index contributed by atoms with van der Waals surface area (Å²) in [5.74, 6) is 0. The summed E-state index contributed by atoms with van der Waals surface area (Å²) in [4.78, 5) is 13.5. The van der Waals surface area contributed by atoms with Crippen LogP contribution < -0.4 is 8.92 Å². The van der Waals surface area contributed by atoms with Gasteiger partial charge in [0.05, 0.1) is 0 Å².